The van der Waals surface area contributed by atoms with Crippen LogP contribution in [0.15, 0.2) is 30.1 Å². The van der Waals surface area contributed by atoms with Crippen LogP contribution in [0.3, 0.4) is 0 Å². The second-order valence-corrected chi connectivity index (χ2v) is 2.84. The van der Waals surface area contributed by atoms with E-state index in [0.29, 0.717) is 11.3 Å². The number of halogens is 1. The van der Waals surface area contributed by atoms with Crippen LogP contribution in [0.5, 0.6) is 0 Å². The van der Waals surface area contributed by atoms with E-state index in [1.54, 1.807) is 31.2 Å². The Kier molecular flexibility index (Phi) is 3.85. The van der Waals surface area contributed by atoms with Crippen molar-refractivity contribution in [1.82, 2.24) is 0 Å². The summed E-state index contributed by atoms with van der Waals surface area (Å²) in [7, 11) is 0. The fourth-order valence-electron chi connectivity index (χ4n) is 1.04. The van der Waals surface area contributed by atoms with Crippen molar-refractivity contribution in [3.63, 3.8) is 0 Å². The number of benzene rings is 1. The van der Waals surface area contributed by atoms with Crippen LogP contribution in [-0.2, 0) is 9.53 Å². The molecule has 0 heterocycles. The van der Waals surface area contributed by atoms with Crippen molar-refractivity contribution < 1.29 is 13.9 Å². The summed E-state index contributed by atoms with van der Waals surface area (Å²) in [6, 6.07) is 6.69. The molecular formula is C11H12FNO2. The first-order valence-electron chi connectivity index (χ1n) is 4.54. The van der Waals surface area contributed by atoms with Crippen molar-refractivity contribution in [2.75, 3.05) is 12.3 Å². The minimum absolute atomic E-state index is 0.143. The summed E-state index contributed by atoms with van der Waals surface area (Å²) in [6.45, 7) is 1.76. The first-order valence-corrected chi connectivity index (χ1v) is 4.54. The Balaban J connectivity index is 2.88. The number of hydrogen-bond donors (Lipinski definition) is 1. The molecule has 0 unspecified atom stereocenters. The van der Waals surface area contributed by atoms with E-state index in [-0.39, 0.29) is 6.61 Å². The van der Waals surface area contributed by atoms with Gasteiger partial charge >= 0.3 is 5.97 Å². The summed E-state index contributed by atoms with van der Waals surface area (Å²) in [5.74, 6) is -1.92. The smallest absolute Gasteiger partial charge is 0.367 e. The highest BCUT2D eigenvalue weighted by Gasteiger charge is 2.09. The van der Waals surface area contributed by atoms with Gasteiger partial charge in [-0.25, -0.2) is 4.79 Å². The van der Waals surface area contributed by atoms with E-state index in [9.17, 15) is 9.18 Å². The molecule has 0 aliphatic rings. The third-order valence-corrected chi connectivity index (χ3v) is 1.75. The van der Waals surface area contributed by atoms with Gasteiger partial charge in [0.05, 0.1) is 6.61 Å². The first-order chi connectivity index (χ1) is 7.15. The van der Waals surface area contributed by atoms with Crippen LogP contribution in [-0.4, -0.2) is 12.6 Å². The number of nitrogens with two attached hydrogens (primary N) is 1. The van der Waals surface area contributed by atoms with E-state index in [0.717, 1.165) is 6.08 Å². The van der Waals surface area contributed by atoms with Gasteiger partial charge in [-0.1, -0.05) is 18.2 Å². The van der Waals surface area contributed by atoms with Crippen LogP contribution in [0.1, 0.15) is 12.5 Å². The van der Waals surface area contributed by atoms with E-state index >= 15 is 0 Å². The molecule has 3 nitrogen and oxygen atoms in total. The molecule has 0 atom stereocenters. The Morgan fingerprint density at radius 3 is 2.80 bits per heavy atom. The fourth-order valence-corrected chi connectivity index (χ4v) is 1.04. The maximum Gasteiger partial charge on any atom is 0.367 e. The number of carbonyl (C=O) groups is 1. The second kappa shape index (κ2) is 5.14. The lowest BCUT2D eigenvalue weighted by molar-refractivity contribution is -0.140. The molecular weight excluding hydrogens is 197 g/mol. The predicted octanol–water partition coefficient (Wildman–Crippen LogP) is 2.14. The van der Waals surface area contributed by atoms with Gasteiger partial charge in [-0.3, -0.25) is 0 Å². The fraction of sp³-hybridized carbons (Fsp3) is 0.182. The maximum absolute atomic E-state index is 13.2. The van der Waals surface area contributed by atoms with Crippen LogP contribution in [0.25, 0.3) is 6.08 Å². The van der Waals surface area contributed by atoms with Crippen molar-refractivity contribution >= 4 is 17.7 Å². The molecule has 0 saturated heterocycles. The molecule has 1 aromatic rings. The normalized spacial score (nSPS) is 11.2. The van der Waals surface area contributed by atoms with E-state index in [1.807, 2.05) is 0 Å². The minimum atomic E-state index is -0.972. The molecule has 0 spiro atoms. The average molecular weight is 209 g/mol. The highest BCUT2D eigenvalue weighted by atomic mass is 19.1. The Morgan fingerprint density at radius 2 is 2.20 bits per heavy atom. The zero-order chi connectivity index (χ0) is 11.3. The molecule has 0 fully saturated rings. The molecule has 0 saturated carbocycles. The third kappa shape index (κ3) is 3.09. The average Bonchev–Trinajstić information content (AvgIpc) is 2.21. The molecule has 0 aromatic heterocycles. The molecule has 0 aliphatic heterocycles. The molecule has 0 bridgehead atoms. The van der Waals surface area contributed by atoms with E-state index in [1.165, 1.54) is 0 Å². The number of nitrogen functional groups attached to an aromatic ring is 1. The number of ether oxygens (including phenoxy) is 1. The minimum Gasteiger partial charge on any atom is -0.461 e. The highest BCUT2D eigenvalue weighted by molar-refractivity contribution is 5.92. The lowest BCUT2D eigenvalue weighted by Crippen LogP contribution is -2.04. The second-order valence-electron chi connectivity index (χ2n) is 2.84. The van der Waals surface area contributed by atoms with Crippen LogP contribution < -0.4 is 5.73 Å². The van der Waals surface area contributed by atoms with Gasteiger partial charge in [-0.05, 0) is 19.1 Å². The Morgan fingerprint density at radius 1 is 1.53 bits per heavy atom. The van der Waals surface area contributed by atoms with Crippen molar-refractivity contribution in [1.29, 1.82) is 0 Å². The maximum atomic E-state index is 13.2. The molecule has 0 radical (unpaired) electrons. The molecule has 80 valence electrons. The van der Waals surface area contributed by atoms with Crippen LogP contribution in [0.2, 0.25) is 0 Å². The van der Waals surface area contributed by atoms with Gasteiger partial charge in [0.1, 0.15) is 0 Å². The summed E-state index contributed by atoms with van der Waals surface area (Å²) in [5, 5.41) is 0. The molecule has 4 heteroatoms. The summed E-state index contributed by atoms with van der Waals surface area (Å²) >= 11 is 0. The Labute approximate surface area is 87.3 Å². The van der Waals surface area contributed by atoms with E-state index < -0.39 is 11.8 Å². The van der Waals surface area contributed by atoms with Gasteiger partial charge in [-0.2, -0.15) is 4.39 Å². The summed E-state index contributed by atoms with van der Waals surface area (Å²) < 4.78 is 17.7. The zero-order valence-corrected chi connectivity index (χ0v) is 8.37. The lowest BCUT2D eigenvalue weighted by atomic mass is 10.1. The van der Waals surface area contributed by atoms with Crippen LogP contribution in [0.4, 0.5) is 10.1 Å². The summed E-state index contributed by atoms with van der Waals surface area (Å²) in [6.07, 6.45) is 1.06. The van der Waals surface area contributed by atoms with Crippen LogP contribution >= 0.6 is 0 Å². The first kappa shape index (κ1) is 11.2. The number of esters is 1. The Hall–Kier alpha value is -1.84. The van der Waals surface area contributed by atoms with E-state index in [4.69, 9.17) is 5.73 Å². The topological polar surface area (TPSA) is 52.3 Å². The van der Waals surface area contributed by atoms with Crippen molar-refractivity contribution in [2.45, 2.75) is 6.92 Å². The van der Waals surface area contributed by atoms with Crippen molar-refractivity contribution in [3.8, 4) is 0 Å². The van der Waals surface area contributed by atoms with Gasteiger partial charge < -0.3 is 10.5 Å². The standard InChI is InChI=1S/C11H12FNO2/c1-2-15-11(14)9(12)7-8-5-3-4-6-10(8)13/h3-7H,2,13H2,1H3/b9-7-. The molecule has 15 heavy (non-hydrogen) atoms. The Bertz CT molecular complexity index is 388. The molecule has 1 rings (SSSR count). The molecule has 2 N–H and O–H groups in total. The van der Waals surface area contributed by atoms with Gasteiger partial charge in [0.25, 0.3) is 0 Å². The van der Waals surface area contributed by atoms with Gasteiger partial charge in [-0.15, -0.1) is 0 Å². The number of para-hydroxylation sites is 1. The third-order valence-electron chi connectivity index (χ3n) is 1.75. The van der Waals surface area contributed by atoms with Crippen molar-refractivity contribution in [3.05, 3.63) is 35.7 Å². The molecule has 0 aliphatic carbocycles. The van der Waals surface area contributed by atoms with Crippen molar-refractivity contribution in [2.24, 2.45) is 0 Å². The molecule has 0 amide bonds. The number of hydrogen-bond acceptors (Lipinski definition) is 3. The number of anilines is 1. The quantitative estimate of drug-likeness (QED) is 0.471. The lowest BCUT2D eigenvalue weighted by Gasteiger charge is -2.00. The SMILES string of the molecule is CCOC(=O)/C(F)=C/c1ccccc1N. The number of carbonyl (C=O) groups excluding carboxylic acids is 1. The summed E-state index contributed by atoms with van der Waals surface area (Å²) in [5.41, 5.74) is 6.45. The van der Waals surface area contributed by atoms with E-state index in [2.05, 4.69) is 4.74 Å². The summed E-state index contributed by atoms with van der Waals surface area (Å²) in [4.78, 5) is 11.0. The van der Waals surface area contributed by atoms with Gasteiger partial charge in [0, 0.05) is 11.3 Å². The van der Waals surface area contributed by atoms with Gasteiger partial charge in [0.15, 0.2) is 0 Å². The zero-order valence-electron chi connectivity index (χ0n) is 8.37. The van der Waals surface area contributed by atoms with Crippen LogP contribution in [0, 0.1) is 0 Å². The van der Waals surface area contributed by atoms with Gasteiger partial charge in [0.2, 0.25) is 5.83 Å². The largest absolute Gasteiger partial charge is 0.461 e. The molecule has 1 aromatic carbocycles. The highest BCUT2D eigenvalue weighted by Crippen LogP contribution is 2.15. The number of rotatable bonds is 3. The monoisotopic (exact) mass is 209 g/mol. The predicted molar refractivity (Wildman–Crippen MR) is 56.6 cm³/mol.